The molecule has 2 rings (SSSR count). The SMILES string of the molecule is O=C(COc1ccccc1[N+](=O)[O-])NCCNC(=O)c1cccs1. The molecule has 0 atom stereocenters. The number of thiophene rings is 1. The second kappa shape index (κ2) is 8.63. The van der Waals surface area contributed by atoms with Crippen LogP contribution in [0.5, 0.6) is 5.75 Å². The zero-order chi connectivity index (χ0) is 17.4. The first-order chi connectivity index (χ1) is 11.6. The summed E-state index contributed by atoms with van der Waals surface area (Å²) in [5.74, 6) is -0.599. The maximum atomic E-state index is 11.7. The summed E-state index contributed by atoms with van der Waals surface area (Å²) in [6.45, 7) is 0.161. The number of carbonyl (C=O) groups is 2. The quantitative estimate of drug-likeness (QED) is 0.427. The highest BCUT2D eigenvalue weighted by atomic mass is 32.1. The summed E-state index contributed by atoms with van der Waals surface area (Å²) in [5, 5.41) is 17.8. The van der Waals surface area contributed by atoms with E-state index in [1.165, 1.54) is 29.5 Å². The molecule has 0 aliphatic carbocycles. The van der Waals surface area contributed by atoms with E-state index in [4.69, 9.17) is 4.74 Å². The molecule has 0 saturated heterocycles. The fourth-order valence-electron chi connectivity index (χ4n) is 1.80. The first-order valence-electron chi connectivity index (χ1n) is 7.02. The van der Waals surface area contributed by atoms with Gasteiger partial charge in [0.25, 0.3) is 11.8 Å². The Labute approximate surface area is 141 Å². The van der Waals surface area contributed by atoms with Crippen molar-refractivity contribution < 1.29 is 19.2 Å². The molecular formula is C15H15N3O5S. The van der Waals surface area contributed by atoms with E-state index in [-0.39, 0.29) is 37.0 Å². The summed E-state index contributed by atoms with van der Waals surface area (Å²) in [6.07, 6.45) is 0. The molecule has 0 unspecified atom stereocenters. The molecule has 0 radical (unpaired) electrons. The molecule has 8 nitrogen and oxygen atoms in total. The molecule has 0 aliphatic heterocycles. The number of para-hydroxylation sites is 2. The smallest absolute Gasteiger partial charge is 0.310 e. The third-order valence-corrected chi connectivity index (χ3v) is 3.77. The van der Waals surface area contributed by atoms with Gasteiger partial charge in [-0.15, -0.1) is 11.3 Å². The zero-order valence-electron chi connectivity index (χ0n) is 12.6. The monoisotopic (exact) mass is 349 g/mol. The van der Waals surface area contributed by atoms with E-state index in [1.807, 2.05) is 0 Å². The van der Waals surface area contributed by atoms with Crippen LogP contribution in [-0.4, -0.2) is 36.4 Å². The van der Waals surface area contributed by atoms with Gasteiger partial charge in [0.05, 0.1) is 9.80 Å². The number of benzene rings is 1. The van der Waals surface area contributed by atoms with Crippen LogP contribution < -0.4 is 15.4 Å². The summed E-state index contributed by atoms with van der Waals surface area (Å²) in [4.78, 5) is 34.2. The van der Waals surface area contributed by atoms with Crippen LogP contribution in [-0.2, 0) is 4.79 Å². The Morgan fingerprint density at radius 1 is 1.12 bits per heavy atom. The van der Waals surface area contributed by atoms with E-state index in [0.717, 1.165) is 0 Å². The van der Waals surface area contributed by atoms with Crippen molar-refractivity contribution in [2.75, 3.05) is 19.7 Å². The third kappa shape index (κ3) is 5.06. The number of hydrogen-bond donors (Lipinski definition) is 2. The Bertz CT molecular complexity index is 718. The molecule has 126 valence electrons. The predicted octanol–water partition coefficient (Wildman–Crippen LogP) is 1.58. The Balaban J connectivity index is 1.69. The number of ether oxygens (including phenoxy) is 1. The highest BCUT2D eigenvalue weighted by Gasteiger charge is 2.14. The van der Waals surface area contributed by atoms with Crippen LogP contribution in [0.2, 0.25) is 0 Å². The second-order valence-electron chi connectivity index (χ2n) is 4.60. The van der Waals surface area contributed by atoms with Crippen molar-refractivity contribution >= 4 is 28.8 Å². The summed E-state index contributed by atoms with van der Waals surface area (Å²) in [6, 6.07) is 9.31. The minimum Gasteiger partial charge on any atom is -0.477 e. The van der Waals surface area contributed by atoms with Crippen molar-refractivity contribution in [1.82, 2.24) is 10.6 Å². The highest BCUT2D eigenvalue weighted by molar-refractivity contribution is 7.12. The predicted molar refractivity (Wildman–Crippen MR) is 88.3 cm³/mol. The largest absolute Gasteiger partial charge is 0.477 e. The van der Waals surface area contributed by atoms with Crippen molar-refractivity contribution in [2.45, 2.75) is 0 Å². The van der Waals surface area contributed by atoms with Gasteiger partial charge in [0, 0.05) is 19.2 Å². The molecule has 9 heteroatoms. The molecule has 2 aromatic rings. The molecule has 0 bridgehead atoms. The number of rotatable bonds is 8. The molecule has 0 saturated carbocycles. The molecule has 0 fully saturated rings. The summed E-state index contributed by atoms with van der Waals surface area (Å²) in [7, 11) is 0. The molecule has 1 heterocycles. The Morgan fingerprint density at radius 2 is 1.88 bits per heavy atom. The molecule has 0 spiro atoms. The number of nitro groups is 1. The topological polar surface area (TPSA) is 111 Å². The molecule has 2 N–H and O–H groups in total. The van der Waals surface area contributed by atoms with E-state index < -0.39 is 10.8 Å². The van der Waals surface area contributed by atoms with Gasteiger partial charge in [0.1, 0.15) is 0 Å². The van der Waals surface area contributed by atoms with Crippen molar-refractivity contribution in [3.63, 3.8) is 0 Å². The first kappa shape index (κ1) is 17.4. The van der Waals surface area contributed by atoms with Crippen LogP contribution in [0.25, 0.3) is 0 Å². The van der Waals surface area contributed by atoms with Gasteiger partial charge in [-0.1, -0.05) is 18.2 Å². The number of nitro benzene ring substituents is 1. The lowest BCUT2D eigenvalue weighted by Crippen LogP contribution is -2.36. The average molecular weight is 349 g/mol. The van der Waals surface area contributed by atoms with Crippen molar-refractivity contribution in [3.8, 4) is 5.75 Å². The number of carbonyl (C=O) groups excluding carboxylic acids is 2. The van der Waals surface area contributed by atoms with E-state index in [2.05, 4.69) is 10.6 Å². The van der Waals surface area contributed by atoms with E-state index in [9.17, 15) is 19.7 Å². The van der Waals surface area contributed by atoms with Crippen LogP contribution >= 0.6 is 11.3 Å². The summed E-state index contributed by atoms with van der Waals surface area (Å²) in [5.41, 5.74) is -0.200. The van der Waals surface area contributed by atoms with Gasteiger partial charge in [0.15, 0.2) is 12.4 Å². The zero-order valence-corrected chi connectivity index (χ0v) is 13.4. The lowest BCUT2D eigenvalue weighted by Gasteiger charge is -2.08. The highest BCUT2D eigenvalue weighted by Crippen LogP contribution is 2.25. The van der Waals surface area contributed by atoms with E-state index >= 15 is 0 Å². The van der Waals surface area contributed by atoms with Crippen molar-refractivity contribution in [3.05, 3.63) is 56.8 Å². The Hall–Kier alpha value is -2.94. The fraction of sp³-hybridized carbons (Fsp3) is 0.200. The standard InChI is InChI=1S/C15H15N3O5S/c19-14(10-23-12-5-2-1-4-11(12)18(21)22)16-7-8-17-15(20)13-6-3-9-24-13/h1-6,9H,7-8,10H2,(H,16,19)(H,17,20). The second-order valence-corrected chi connectivity index (χ2v) is 5.54. The van der Waals surface area contributed by atoms with Crippen LogP contribution in [0.1, 0.15) is 9.67 Å². The molecule has 24 heavy (non-hydrogen) atoms. The number of nitrogens with one attached hydrogen (secondary N) is 2. The minimum absolute atomic E-state index is 0.0312. The van der Waals surface area contributed by atoms with Gasteiger partial charge < -0.3 is 15.4 Å². The number of amides is 2. The lowest BCUT2D eigenvalue weighted by atomic mass is 10.3. The number of hydrogen-bond acceptors (Lipinski definition) is 6. The van der Waals surface area contributed by atoms with Crippen molar-refractivity contribution in [1.29, 1.82) is 0 Å². The maximum absolute atomic E-state index is 11.7. The van der Waals surface area contributed by atoms with E-state index in [1.54, 1.807) is 23.6 Å². The van der Waals surface area contributed by atoms with Gasteiger partial charge in [0.2, 0.25) is 0 Å². The van der Waals surface area contributed by atoms with Crippen LogP contribution in [0.4, 0.5) is 5.69 Å². The normalized spacial score (nSPS) is 10.0. The van der Waals surface area contributed by atoms with Gasteiger partial charge in [-0.05, 0) is 17.5 Å². The van der Waals surface area contributed by atoms with Crippen LogP contribution in [0.15, 0.2) is 41.8 Å². The molecule has 1 aromatic carbocycles. The van der Waals surface area contributed by atoms with Gasteiger partial charge in [-0.2, -0.15) is 0 Å². The maximum Gasteiger partial charge on any atom is 0.310 e. The van der Waals surface area contributed by atoms with Crippen LogP contribution in [0.3, 0.4) is 0 Å². The Morgan fingerprint density at radius 3 is 2.58 bits per heavy atom. The lowest BCUT2D eigenvalue weighted by molar-refractivity contribution is -0.385. The van der Waals surface area contributed by atoms with Gasteiger partial charge >= 0.3 is 5.69 Å². The third-order valence-electron chi connectivity index (χ3n) is 2.90. The van der Waals surface area contributed by atoms with Crippen molar-refractivity contribution in [2.24, 2.45) is 0 Å². The molecule has 1 aromatic heterocycles. The Kier molecular flexibility index (Phi) is 6.26. The van der Waals surface area contributed by atoms with Crippen LogP contribution in [0, 0.1) is 10.1 Å². The molecule has 0 aliphatic rings. The molecular weight excluding hydrogens is 334 g/mol. The number of nitrogens with zero attached hydrogens (tertiary/aromatic N) is 1. The summed E-state index contributed by atoms with van der Waals surface area (Å²) >= 11 is 1.33. The van der Waals surface area contributed by atoms with Gasteiger partial charge in [-0.3, -0.25) is 19.7 Å². The minimum atomic E-state index is -0.576. The summed E-state index contributed by atoms with van der Waals surface area (Å²) < 4.78 is 5.16. The van der Waals surface area contributed by atoms with Gasteiger partial charge in [-0.25, -0.2) is 0 Å². The van der Waals surface area contributed by atoms with E-state index in [0.29, 0.717) is 4.88 Å². The average Bonchev–Trinajstić information content (AvgIpc) is 3.11. The molecule has 2 amide bonds. The first-order valence-corrected chi connectivity index (χ1v) is 7.90. The fourth-order valence-corrected chi connectivity index (χ4v) is 2.44.